The molecule has 4 heteroatoms. The smallest absolute Gasteiger partial charge is 0.336 e. The summed E-state index contributed by atoms with van der Waals surface area (Å²) >= 11 is 0. The summed E-state index contributed by atoms with van der Waals surface area (Å²) in [5.74, 6) is -1.34. The molecule has 0 unspecified atom stereocenters. The molecule has 0 heterocycles. The molecule has 0 aromatic heterocycles. The molecule has 0 saturated heterocycles. The van der Waals surface area contributed by atoms with Gasteiger partial charge in [0.1, 0.15) is 5.75 Å². The van der Waals surface area contributed by atoms with Crippen LogP contribution in [0.4, 0.5) is 0 Å². The number of carboxylic acids is 1. The van der Waals surface area contributed by atoms with Gasteiger partial charge in [0.15, 0.2) is 5.78 Å². The lowest BCUT2D eigenvalue weighted by molar-refractivity contribution is 0.0692. The second-order valence-electron chi connectivity index (χ2n) is 6.62. The minimum absolute atomic E-state index is 0.0273. The Morgan fingerprint density at radius 2 is 1.57 bits per heavy atom. The van der Waals surface area contributed by atoms with Crippen molar-refractivity contribution in [3.8, 4) is 5.75 Å². The van der Waals surface area contributed by atoms with Crippen LogP contribution in [0.15, 0.2) is 36.4 Å². The van der Waals surface area contributed by atoms with Crippen LogP contribution in [-0.2, 0) is 5.41 Å². The Morgan fingerprint density at radius 1 is 1.00 bits per heavy atom. The number of hydrogen-bond donors (Lipinski definition) is 2. The summed E-state index contributed by atoms with van der Waals surface area (Å²) in [6, 6.07) is 9.37. The zero-order valence-corrected chi connectivity index (χ0v) is 13.7. The van der Waals surface area contributed by atoms with Crippen LogP contribution in [0.1, 0.15) is 58.2 Å². The summed E-state index contributed by atoms with van der Waals surface area (Å²) in [4.78, 5) is 24.1. The lowest BCUT2D eigenvalue weighted by Crippen LogP contribution is -2.15. The van der Waals surface area contributed by atoms with Crippen molar-refractivity contribution < 1.29 is 19.8 Å². The standard InChI is InChI=1S/C19H20O4/c1-11-9-12(10-15(16(11)20)19(2,3)4)17(21)13-7-5-6-8-14(13)18(22)23/h5-10,20H,1-4H3,(H,22,23). The van der Waals surface area contributed by atoms with E-state index in [4.69, 9.17) is 0 Å². The third kappa shape index (κ3) is 3.26. The van der Waals surface area contributed by atoms with E-state index in [9.17, 15) is 19.8 Å². The molecular formula is C19H20O4. The molecule has 0 amide bonds. The Kier molecular flexibility index (Phi) is 4.28. The maximum absolute atomic E-state index is 12.8. The zero-order chi connectivity index (χ0) is 17.4. The number of aromatic hydroxyl groups is 1. The second-order valence-corrected chi connectivity index (χ2v) is 6.62. The van der Waals surface area contributed by atoms with E-state index in [1.807, 2.05) is 20.8 Å². The Labute approximate surface area is 135 Å². The second kappa shape index (κ2) is 5.88. The van der Waals surface area contributed by atoms with Crippen LogP contribution in [0.25, 0.3) is 0 Å². The molecule has 2 aromatic rings. The number of carbonyl (C=O) groups is 2. The first-order chi connectivity index (χ1) is 10.6. The summed E-state index contributed by atoms with van der Waals surface area (Å²) in [5.41, 5.74) is 1.41. The van der Waals surface area contributed by atoms with Gasteiger partial charge in [0.2, 0.25) is 0 Å². The largest absolute Gasteiger partial charge is 0.507 e. The van der Waals surface area contributed by atoms with E-state index in [0.29, 0.717) is 16.7 Å². The quantitative estimate of drug-likeness (QED) is 0.842. The molecule has 4 nitrogen and oxygen atoms in total. The lowest BCUT2D eigenvalue weighted by atomic mass is 9.83. The van der Waals surface area contributed by atoms with Gasteiger partial charge in [-0.2, -0.15) is 0 Å². The number of hydrogen-bond acceptors (Lipinski definition) is 3. The first kappa shape index (κ1) is 16.7. The predicted octanol–water partition coefficient (Wildman–Crippen LogP) is 3.93. The first-order valence-electron chi connectivity index (χ1n) is 7.34. The molecule has 2 rings (SSSR count). The van der Waals surface area contributed by atoms with Gasteiger partial charge >= 0.3 is 5.97 Å². The molecule has 2 N–H and O–H groups in total. The van der Waals surface area contributed by atoms with Crippen molar-refractivity contribution >= 4 is 11.8 Å². The van der Waals surface area contributed by atoms with E-state index >= 15 is 0 Å². The van der Waals surface area contributed by atoms with Crippen LogP contribution in [0.3, 0.4) is 0 Å². The van der Waals surface area contributed by atoms with Crippen LogP contribution in [0.5, 0.6) is 5.75 Å². The molecule has 23 heavy (non-hydrogen) atoms. The van der Waals surface area contributed by atoms with Crippen molar-refractivity contribution in [3.05, 3.63) is 64.2 Å². The number of aromatic carboxylic acids is 1. The third-order valence-corrected chi connectivity index (χ3v) is 3.77. The van der Waals surface area contributed by atoms with Crippen LogP contribution >= 0.6 is 0 Å². The molecule has 0 aliphatic carbocycles. The number of benzene rings is 2. The third-order valence-electron chi connectivity index (χ3n) is 3.77. The van der Waals surface area contributed by atoms with Crippen molar-refractivity contribution in [2.75, 3.05) is 0 Å². The molecular weight excluding hydrogens is 292 g/mol. The van der Waals surface area contributed by atoms with Crippen molar-refractivity contribution in [3.63, 3.8) is 0 Å². The van der Waals surface area contributed by atoms with Gasteiger partial charge in [0.05, 0.1) is 5.56 Å². The minimum atomic E-state index is -1.14. The summed E-state index contributed by atoms with van der Waals surface area (Å²) in [5, 5.41) is 19.5. The van der Waals surface area contributed by atoms with Crippen molar-refractivity contribution in [2.24, 2.45) is 0 Å². The van der Waals surface area contributed by atoms with Gasteiger partial charge < -0.3 is 10.2 Å². The number of rotatable bonds is 3. The van der Waals surface area contributed by atoms with Gasteiger partial charge in [0, 0.05) is 16.7 Å². The molecule has 0 fully saturated rings. The fourth-order valence-electron chi connectivity index (χ4n) is 2.51. The summed E-state index contributed by atoms with van der Waals surface area (Å²) in [7, 11) is 0. The van der Waals surface area contributed by atoms with Gasteiger partial charge in [-0.05, 0) is 36.1 Å². The predicted molar refractivity (Wildman–Crippen MR) is 88.4 cm³/mol. The van der Waals surface area contributed by atoms with Gasteiger partial charge in [0.25, 0.3) is 0 Å². The zero-order valence-electron chi connectivity index (χ0n) is 13.7. The summed E-state index contributed by atoms with van der Waals surface area (Å²) in [6.07, 6.45) is 0. The number of carboxylic acid groups (broad SMARTS) is 1. The van der Waals surface area contributed by atoms with Crippen molar-refractivity contribution in [1.82, 2.24) is 0 Å². The average molecular weight is 312 g/mol. The van der Waals surface area contributed by atoms with Crippen LogP contribution < -0.4 is 0 Å². The SMILES string of the molecule is Cc1cc(C(=O)c2ccccc2C(=O)O)cc(C(C)(C)C)c1O. The Balaban J connectivity index is 2.62. The van der Waals surface area contributed by atoms with E-state index in [1.54, 1.807) is 31.2 Å². The summed E-state index contributed by atoms with van der Waals surface area (Å²) in [6.45, 7) is 7.56. The van der Waals surface area contributed by atoms with Gasteiger partial charge in [-0.1, -0.05) is 39.0 Å². The van der Waals surface area contributed by atoms with Crippen molar-refractivity contribution in [1.29, 1.82) is 0 Å². The van der Waals surface area contributed by atoms with E-state index in [2.05, 4.69) is 0 Å². The molecule has 0 aliphatic rings. The van der Waals surface area contributed by atoms with Crippen LogP contribution in [0, 0.1) is 6.92 Å². The highest BCUT2D eigenvalue weighted by Gasteiger charge is 2.24. The van der Waals surface area contributed by atoms with E-state index in [0.717, 1.165) is 0 Å². The van der Waals surface area contributed by atoms with Gasteiger partial charge in [-0.25, -0.2) is 4.79 Å². The summed E-state index contributed by atoms with van der Waals surface area (Å²) < 4.78 is 0. The van der Waals surface area contributed by atoms with Gasteiger partial charge in [-0.3, -0.25) is 4.79 Å². The maximum atomic E-state index is 12.8. The van der Waals surface area contributed by atoms with Crippen LogP contribution in [-0.4, -0.2) is 22.0 Å². The molecule has 0 spiro atoms. The number of ketones is 1. The van der Waals surface area contributed by atoms with Crippen molar-refractivity contribution in [2.45, 2.75) is 33.1 Å². The number of aryl methyl sites for hydroxylation is 1. The normalized spacial score (nSPS) is 11.3. The highest BCUT2D eigenvalue weighted by atomic mass is 16.4. The minimum Gasteiger partial charge on any atom is -0.507 e. The molecule has 0 saturated carbocycles. The molecule has 0 bridgehead atoms. The molecule has 120 valence electrons. The fraction of sp³-hybridized carbons (Fsp3) is 0.263. The first-order valence-corrected chi connectivity index (χ1v) is 7.34. The number of phenolic OH excluding ortho intramolecular Hbond substituents is 1. The topological polar surface area (TPSA) is 74.6 Å². The van der Waals surface area contributed by atoms with E-state index in [-0.39, 0.29) is 28.1 Å². The Bertz CT molecular complexity index is 782. The Morgan fingerprint density at radius 3 is 2.09 bits per heavy atom. The molecule has 0 aliphatic heterocycles. The number of carbonyl (C=O) groups excluding carboxylic acids is 1. The molecule has 0 atom stereocenters. The number of phenols is 1. The van der Waals surface area contributed by atoms with Crippen LogP contribution in [0.2, 0.25) is 0 Å². The monoisotopic (exact) mass is 312 g/mol. The highest BCUT2D eigenvalue weighted by Crippen LogP contribution is 2.34. The Hall–Kier alpha value is -2.62. The maximum Gasteiger partial charge on any atom is 0.336 e. The molecule has 0 radical (unpaired) electrons. The van der Waals surface area contributed by atoms with E-state index in [1.165, 1.54) is 12.1 Å². The van der Waals surface area contributed by atoms with Gasteiger partial charge in [-0.15, -0.1) is 0 Å². The molecule has 2 aromatic carbocycles. The van der Waals surface area contributed by atoms with E-state index < -0.39 is 5.97 Å². The highest BCUT2D eigenvalue weighted by molar-refractivity contribution is 6.14. The lowest BCUT2D eigenvalue weighted by Gasteiger charge is -2.22. The average Bonchev–Trinajstić information content (AvgIpc) is 2.47. The fourth-order valence-corrected chi connectivity index (χ4v) is 2.51.